The van der Waals surface area contributed by atoms with Gasteiger partial charge in [0, 0.05) is 18.8 Å². The molecule has 6 nitrogen and oxygen atoms in total. The van der Waals surface area contributed by atoms with E-state index in [9.17, 15) is 9.59 Å². The molecule has 0 bridgehead atoms. The van der Waals surface area contributed by atoms with Gasteiger partial charge < -0.3 is 15.4 Å². The zero-order valence-corrected chi connectivity index (χ0v) is 16.4. The number of nitrogens with zero attached hydrogens (tertiary/aromatic N) is 2. The Bertz CT molecular complexity index is 932. The van der Waals surface area contributed by atoms with Crippen molar-refractivity contribution in [1.82, 2.24) is 4.90 Å². The number of anilines is 2. The molecule has 0 aromatic heterocycles. The summed E-state index contributed by atoms with van der Waals surface area (Å²) in [4.78, 5) is 28.9. The molecule has 0 spiro atoms. The number of nitrogens with two attached hydrogens (primary N) is 1. The summed E-state index contributed by atoms with van der Waals surface area (Å²) in [5.41, 5.74) is 8.85. The number of hydrogen-bond donors (Lipinski definition) is 1. The Morgan fingerprint density at radius 2 is 1.93 bits per heavy atom. The number of benzene rings is 2. The van der Waals surface area contributed by atoms with Crippen LogP contribution in [0.5, 0.6) is 5.75 Å². The average molecular weight is 379 g/mol. The zero-order chi connectivity index (χ0) is 20.3. The predicted octanol–water partition coefficient (Wildman–Crippen LogP) is 3.21. The number of fused-ring (bicyclic) bond motifs is 1. The standard InChI is InChI=1S/C22H25N3O3/c1-4-24(5-2)21(26)14-25-18-13-17(23)9-10-19(18)28-20(22(25)27)12-16-8-6-7-15(3)11-16/h6-13H,4-5,14,23H2,1-3H3/b20-12+. The van der Waals surface area contributed by atoms with Crippen LogP contribution in [0.1, 0.15) is 25.0 Å². The highest BCUT2D eigenvalue weighted by Gasteiger charge is 2.32. The van der Waals surface area contributed by atoms with Crippen LogP contribution in [0, 0.1) is 6.92 Å². The van der Waals surface area contributed by atoms with Crippen LogP contribution in [0.2, 0.25) is 0 Å². The Kier molecular flexibility index (Phi) is 5.68. The van der Waals surface area contributed by atoms with Gasteiger partial charge in [-0.3, -0.25) is 14.5 Å². The minimum atomic E-state index is -0.361. The molecule has 0 atom stereocenters. The van der Waals surface area contributed by atoms with Crippen LogP contribution in [-0.4, -0.2) is 36.3 Å². The molecule has 0 saturated carbocycles. The van der Waals surface area contributed by atoms with Crippen molar-refractivity contribution < 1.29 is 14.3 Å². The van der Waals surface area contributed by atoms with E-state index in [0.717, 1.165) is 11.1 Å². The van der Waals surface area contributed by atoms with Crippen LogP contribution in [0.15, 0.2) is 48.2 Å². The summed E-state index contributed by atoms with van der Waals surface area (Å²) >= 11 is 0. The molecule has 0 aliphatic carbocycles. The van der Waals surface area contributed by atoms with Gasteiger partial charge in [0.2, 0.25) is 5.91 Å². The lowest BCUT2D eigenvalue weighted by atomic mass is 10.1. The lowest BCUT2D eigenvalue weighted by molar-refractivity contribution is -0.131. The molecule has 0 saturated heterocycles. The largest absolute Gasteiger partial charge is 0.449 e. The average Bonchev–Trinajstić information content (AvgIpc) is 2.66. The van der Waals surface area contributed by atoms with Crippen molar-refractivity contribution >= 4 is 29.3 Å². The Hall–Kier alpha value is -3.28. The Morgan fingerprint density at radius 1 is 1.18 bits per heavy atom. The maximum atomic E-state index is 13.1. The topological polar surface area (TPSA) is 75.9 Å². The number of likely N-dealkylation sites (N-methyl/N-ethyl adjacent to an activating group) is 1. The molecule has 1 aliphatic rings. The van der Waals surface area contributed by atoms with Gasteiger partial charge in [-0.05, 0) is 50.6 Å². The summed E-state index contributed by atoms with van der Waals surface area (Å²) in [7, 11) is 0. The van der Waals surface area contributed by atoms with E-state index in [1.54, 1.807) is 29.2 Å². The third-order valence-corrected chi connectivity index (χ3v) is 4.70. The molecule has 2 N–H and O–H groups in total. The van der Waals surface area contributed by atoms with Crippen molar-refractivity contribution in [2.75, 3.05) is 30.3 Å². The van der Waals surface area contributed by atoms with Gasteiger partial charge in [0.05, 0.1) is 5.69 Å². The highest BCUT2D eigenvalue weighted by Crippen LogP contribution is 2.37. The van der Waals surface area contributed by atoms with E-state index >= 15 is 0 Å². The van der Waals surface area contributed by atoms with Crippen LogP contribution in [-0.2, 0) is 9.59 Å². The van der Waals surface area contributed by atoms with Crippen LogP contribution < -0.4 is 15.4 Å². The summed E-state index contributed by atoms with van der Waals surface area (Å²) in [6.45, 7) is 6.92. The summed E-state index contributed by atoms with van der Waals surface area (Å²) in [5, 5.41) is 0. The first kappa shape index (κ1) is 19.5. The van der Waals surface area contributed by atoms with Crippen molar-refractivity contribution in [1.29, 1.82) is 0 Å². The van der Waals surface area contributed by atoms with E-state index in [4.69, 9.17) is 10.5 Å². The quantitative estimate of drug-likeness (QED) is 0.639. The fraction of sp³-hybridized carbons (Fsp3) is 0.273. The second-order valence-electron chi connectivity index (χ2n) is 6.71. The lowest BCUT2D eigenvalue weighted by Crippen LogP contribution is -2.45. The normalized spacial score (nSPS) is 14.6. The summed E-state index contributed by atoms with van der Waals surface area (Å²) < 4.78 is 5.86. The van der Waals surface area contributed by atoms with E-state index in [-0.39, 0.29) is 24.1 Å². The smallest absolute Gasteiger partial charge is 0.294 e. The molecule has 2 aromatic rings. The van der Waals surface area contributed by atoms with E-state index < -0.39 is 0 Å². The van der Waals surface area contributed by atoms with Crippen LogP contribution in [0.3, 0.4) is 0 Å². The van der Waals surface area contributed by atoms with Gasteiger partial charge in [0.1, 0.15) is 6.54 Å². The molecule has 6 heteroatoms. The third-order valence-electron chi connectivity index (χ3n) is 4.70. The number of carbonyl (C=O) groups excluding carboxylic acids is 2. The van der Waals surface area contributed by atoms with Crippen molar-refractivity contribution in [2.45, 2.75) is 20.8 Å². The Labute approximate surface area is 165 Å². The van der Waals surface area contributed by atoms with Crippen molar-refractivity contribution in [3.8, 4) is 5.75 Å². The molecule has 2 aromatic carbocycles. The number of amides is 2. The van der Waals surface area contributed by atoms with Gasteiger partial charge in [0.25, 0.3) is 5.91 Å². The number of rotatable bonds is 5. The van der Waals surface area contributed by atoms with Gasteiger partial charge in [0.15, 0.2) is 11.5 Å². The summed E-state index contributed by atoms with van der Waals surface area (Å²) in [6, 6.07) is 12.9. The van der Waals surface area contributed by atoms with Crippen LogP contribution in [0.4, 0.5) is 11.4 Å². The monoisotopic (exact) mass is 379 g/mol. The third kappa shape index (κ3) is 4.01. The first-order valence-corrected chi connectivity index (χ1v) is 9.38. The predicted molar refractivity (Wildman–Crippen MR) is 111 cm³/mol. The molecule has 0 fully saturated rings. The van der Waals surface area contributed by atoms with Crippen LogP contribution >= 0.6 is 0 Å². The highest BCUT2D eigenvalue weighted by molar-refractivity contribution is 6.12. The fourth-order valence-electron chi connectivity index (χ4n) is 3.21. The van der Waals surface area contributed by atoms with Gasteiger partial charge in [-0.2, -0.15) is 0 Å². The summed E-state index contributed by atoms with van der Waals surface area (Å²) in [6.07, 6.45) is 1.70. The molecule has 0 unspecified atom stereocenters. The highest BCUT2D eigenvalue weighted by atomic mass is 16.5. The zero-order valence-electron chi connectivity index (χ0n) is 16.4. The molecular weight excluding hydrogens is 354 g/mol. The summed E-state index contributed by atoms with van der Waals surface area (Å²) in [5.74, 6) is 0.193. The maximum absolute atomic E-state index is 13.1. The van der Waals surface area contributed by atoms with E-state index in [2.05, 4.69) is 0 Å². The van der Waals surface area contributed by atoms with Gasteiger partial charge in [-0.25, -0.2) is 0 Å². The van der Waals surface area contributed by atoms with E-state index in [1.807, 2.05) is 45.0 Å². The molecule has 1 heterocycles. The molecule has 146 valence electrons. The van der Waals surface area contributed by atoms with Crippen molar-refractivity contribution in [3.05, 3.63) is 59.4 Å². The van der Waals surface area contributed by atoms with Gasteiger partial charge in [-0.1, -0.05) is 29.8 Å². The van der Waals surface area contributed by atoms with E-state index in [1.165, 1.54) is 4.90 Å². The van der Waals surface area contributed by atoms with Crippen molar-refractivity contribution in [3.63, 3.8) is 0 Å². The first-order valence-electron chi connectivity index (χ1n) is 9.38. The first-order chi connectivity index (χ1) is 13.4. The minimum absolute atomic E-state index is 0.0640. The Morgan fingerprint density at radius 3 is 2.61 bits per heavy atom. The number of nitrogen functional groups attached to an aromatic ring is 1. The second-order valence-corrected chi connectivity index (χ2v) is 6.71. The number of hydrogen-bond acceptors (Lipinski definition) is 4. The van der Waals surface area contributed by atoms with Crippen molar-refractivity contribution in [2.24, 2.45) is 0 Å². The molecule has 1 aliphatic heterocycles. The minimum Gasteiger partial charge on any atom is -0.449 e. The fourth-order valence-corrected chi connectivity index (χ4v) is 3.21. The molecule has 28 heavy (non-hydrogen) atoms. The molecule has 0 radical (unpaired) electrons. The molecule has 2 amide bonds. The molecule has 3 rings (SSSR count). The Balaban J connectivity index is 2.00. The van der Waals surface area contributed by atoms with Gasteiger partial charge >= 0.3 is 0 Å². The van der Waals surface area contributed by atoms with Gasteiger partial charge in [-0.15, -0.1) is 0 Å². The number of carbonyl (C=O) groups is 2. The number of aryl methyl sites for hydroxylation is 1. The SMILES string of the molecule is CCN(CC)C(=O)CN1C(=O)/C(=C\c2cccc(C)c2)Oc2ccc(N)cc21. The lowest BCUT2D eigenvalue weighted by Gasteiger charge is -2.32. The second kappa shape index (κ2) is 8.17. The van der Waals surface area contributed by atoms with E-state index in [0.29, 0.717) is 30.2 Å². The maximum Gasteiger partial charge on any atom is 0.294 e. The van der Waals surface area contributed by atoms with Crippen LogP contribution in [0.25, 0.3) is 6.08 Å². The molecular formula is C22H25N3O3. The number of ether oxygens (including phenoxy) is 1.